The second kappa shape index (κ2) is 10.9. The molecule has 1 fully saturated rings. The van der Waals surface area contributed by atoms with Crippen molar-refractivity contribution in [3.8, 4) is 5.88 Å². The molecule has 0 spiro atoms. The maximum atomic E-state index is 12.8. The zero-order valence-electron chi connectivity index (χ0n) is 18.6. The van der Waals surface area contributed by atoms with Gasteiger partial charge in [-0.3, -0.25) is 14.6 Å². The third-order valence-corrected chi connectivity index (χ3v) is 5.93. The quantitative estimate of drug-likeness (QED) is 0.419. The third kappa shape index (κ3) is 6.07. The summed E-state index contributed by atoms with van der Waals surface area (Å²) in [6.07, 6.45) is 7.21. The average Bonchev–Trinajstić information content (AvgIpc) is 2.83. The van der Waals surface area contributed by atoms with Crippen LogP contribution in [-0.2, 0) is 16.1 Å². The van der Waals surface area contributed by atoms with Crippen molar-refractivity contribution in [3.05, 3.63) is 64.2 Å². The van der Waals surface area contributed by atoms with Gasteiger partial charge in [-0.1, -0.05) is 11.6 Å². The van der Waals surface area contributed by atoms with E-state index in [-0.39, 0.29) is 34.2 Å². The number of aromatic nitrogens is 2. The van der Waals surface area contributed by atoms with E-state index in [1.165, 1.54) is 25.4 Å². The van der Waals surface area contributed by atoms with Gasteiger partial charge in [0, 0.05) is 49.6 Å². The molecule has 2 amide bonds. The number of methoxy groups -OCH3 is 1. The first kappa shape index (κ1) is 24.2. The smallest absolute Gasteiger partial charge is 0.269 e. The third-order valence-electron chi connectivity index (χ3n) is 5.63. The van der Waals surface area contributed by atoms with Gasteiger partial charge in [-0.05, 0) is 43.0 Å². The number of aryl methyl sites for hydroxylation is 1. The van der Waals surface area contributed by atoms with Gasteiger partial charge in [0.25, 0.3) is 5.91 Å². The second-order valence-corrected chi connectivity index (χ2v) is 8.21. The normalized spacial score (nSPS) is 14.6. The van der Waals surface area contributed by atoms with Gasteiger partial charge in [0.15, 0.2) is 0 Å². The number of pyridine rings is 2. The molecular weight excluding hydrogens is 444 g/mol. The second-order valence-electron chi connectivity index (χ2n) is 7.81. The number of hydrogen-bond donors (Lipinski definition) is 3. The van der Waals surface area contributed by atoms with E-state index in [0.717, 1.165) is 11.1 Å². The lowest BCUT2D eigenvalue weighted by molar-refractivity contribution is -0.132. The highest BCUT2D eigenvalue weighted by Crippen LogP contribution is 2.21. The Morgan fingerprint density at radius 2 is 2.09 bits per heavy atom. The maximum absolute atomic E-state index is 12.8. The molecule has 0 aliphatic carbocycles. The monoisotopic (exact) mass is 470 g/mol. The number of halogens is 1. The number of piperidine rings is 1. The Hall–Kier alpha value is -3.46. The van der Waals surface area contributed by atoms with Crippen LogP contribution in [0, 0.1) is 18.3 Å². The van der Waals surface area contributed by atoms with E-state index in [2.05, 4.69) is 15.3 Å². The van der Waals surface area contributed by atoms with Crippen LogP contribution in [0.3, 0.4) is 0 Å². The van der Waals surface area contributed by atoms with E-state index in [4.69, 9.17) is 27.5 Å². The molecule has 2 aromatic rings. The number of carbonyl (C=O) groups is 2. The first-order valence-electron chi connectivity index (χ1n) is 10.5. The van der Waals surface area contributed by atoms with Crippen LogP contribution in [0.15, 0.2) is 42.5 Å². The number of nitrogens with two attached hydrogens (primary N) is 1. The van der Waals surface area contributed by atoms with Gasteiger partial charge in [-0.15, -0.1) is 0 Å². The van der Waals surface area contributed by atoms with E-state index < -0.39 is 0 Å². The largest absolute Gasteiger partial charge is 0.481 e. The summed E-state index contributed by atoms with van der Waals surface area (Å²) in [5.41, 5.74) is 8.30. The van der Waals surface area contributed by atoms with Crippen molar-refractivity contribution in [1.82, 2.24) is 20.2 Å². The van der Waals surface area contributed by atoms with Crippen molar-refractivity contribution in [2.24, 2.45) is 11.7 Å². The van der Waals surface area contributed by atoms with Crippen molar-refractivity contribution in [2.45, 2.75) is 26.3 Å². The predicted molar refractivity (Wildman–Crippen MR) is 125 cm³/mol. The molecule has 1 saturated heterocycles. The molecule has 3 rings (SSSR count). The molecule has 1 aliphatic rings. The summed E-state index contributed by atoms with van der Waals surface area (Å²) in [7, 11) is 1.46. The lowest BCUT2D eigenvalue weighted by Crippen LogP contribution is -2.44. The van der Waals surface area contributed by atoms with Gasteiger partial charge in [-0.25, -0.2) is 4.98 Å². The highest BCUT2D eigenvalue weighted by molar-refractivity contribution is 6.34. The van der Waals surface area contributed by atoms with Crippen LogP contribution in [0.2, 0.25) is 5.02 Å². The van der Waals surface area contributed by atoms with Gasteiger partial charge >= 0.3 is 0 Å². The molecule has 10 heteroatoms. The SMILES string of the molecule is COc1cc(C(=N)C=C(N)C(=O)N2CCC(C(=O)NCc3cnccc3C)CC2)c(Cl)cn1. The highest BCUT2D eigenvalue weighted by atomic mass is 35.5. The maximum Gasteiger partial charge on any atom is 0.269 e. The van der Waals surface area contributed by atoms with Crippen LogP contribution in [-0.4, -0.2) is 52.6 Å². The molecule has 0 bridgehead atoms. The Morgan fingerprint density at radius 3 is 2.76 bits per heavy atom. The fourth-order valence-electron chi connectivity index (χ4n) is 3.57. The summed E-state index contributed by atoms with van der Waals surface area (Å²) in [5, 5.41) is 11.5. The molecule has 0 aromatic carbocycles. The number of carbonyl (C=O) groups excluding carboxylic acids is 2. The first-order chi connectivity index (χ1) is 15.8. The summed E-state index contributed by atoms with van der Waals surface area (Å²) >= 11 is 6.11. The highest BCUT2D eigenvalue weighted by Gasteiger charge is 2.28. The Labute approximate surface area is 197 Å². The van der Waals surface area contributed by atoms with Crippen LogP contribution >= 0.6 is 11.6 Å². The Balaban J connectivity index is 1.54. The van der Waals surface area contributed by atoms with Crippen molar-refractivity contribution < 1.29 is 14.3 Å². The molecule has 0 radical (unpaired) electrons. The zero-order chi connectivity index (χ0) is 24.0. The number of likely N-dealkylation sites (tertiary alicyclic amines) is 1. The lowest BCUT2D eigenvalue weighted by atomic mass is 9.95. The van der Waals surface area contributed by atoms with Gasteiger partial charge < -0.3 is 26.1 Å². The summed E-state index contributed by atoms with van der Waals surface area (Å²) < 4.78 is 5.06. The molecule has 0 unspecified atom stereocenters. The molecule has 33 heavy (non-hydrogen) atoms. The number of ether oxygens (including phenoxy) is 1. The standard InChI is InChI=1S/C23H27ClN6O3/c1-14-3-6-27-11-16(14)12-29-22(31)15-4-7-30(8-5-15)23(32)20(26)10-19(25)17-9-21(33-2)28-13-18(17)24/h3,6,9-11,13,15,25H,4-5,7-8,12,26H2,1-2H3,(H,29,31). The van der Waals surface area contributed by atoms with Crippen molar-refractivity contribution >= 4 is 29.1 Å². The number of amides is 2. The average molecular weight is 471 g/mol. The minimum atomic E-state index is -0.373. The minimum absolute atomic E-state index is 0.0218. The van der Waals surface area contributed by atoms with Gasteiger partial charge in [0.2, 0.25) is 11.8 Å². The topological polar surface area (TPSA) is 134 Å². The van der Waals surface area contributed by atoms with E-state index in [9.17, 15) is 9.59 Å². The predicted octanol–water partition coefficient (Wildman–Crippen LogP) is 2.21. The number of nitrogens with zero attached hydrogens (tertiary/aromatic N) is 3. The zero-order valence-corrected chi connectivity index (χ0v) is 19.4. The summed E-state index contributed by atoms with van der Waals surface area (Å²) in [6.45, 7) is 3.23. The fraction of sp³-hybridized carbons (Fsp3) is 0.348. The number of allylic oxidation sites excluding steroid dienone is 1. The minimum Gasteiger partial charge on any atom is -0.481 e. The van der Waals surface area contributed by atoms with Crippen molar-refractivity contribution in [1.29, 1.82) is 5.41 Å². The number of rotatable bonds is 7. The van der Waals surface area contributed by atoms with E-state index in [1.807, 2.05) is 13.0 Å². The number of hydrogen-bond acceptors (Lipinski definition) is 7. The van der Waals surface area contributed by atoms with Crippen LogP contribution in [0.5, 0.6) is 5.88 Å². The molecule has 3 heterocycles. The molecule has 2 aromatic heterocycles. The van der Waals surface area contributed by atoms with E-state index in [0.29, 0.717) is 43.9 Å². The van der Waals surface area contributed by atoms with E-state index >= 15 is 0 Å². The van der Waals surface area contributed by atoms with Crippen molar-refractivity contribution in [3.63, 3.8) is 0 Å². The molecular formula is C23H27ClN6O3. The van der Waals surface area contributed by atoms with Crippen LogP contribution < -0.4 is 15.8 Å². The van der Waals surface area contributed by atoms with Crippen molar-refractivity contribution in [2.75, 3.05) is 20.2 Å². The van der Waals surface area contributed by atoms with Gasteiger partial charge in [-0.2, -0.15) is 0 Å². The lowest BCUT2D eigenvalue weighted by Gasteiger charge is -2.31. The first-order valence-corrected chi connectivity index (χ1v) is 10.9. The fourth-order valence-corrected chi connectivity index (χ4v) is 3.77. The van der Waals surface area contributed by atoms with Crippen LogP contribution in [0.25, 0.3) is 0 Å². The molecule has 1 aliphatic heterocycles. The van der Waals surface area contributed by atoms with Gasteiger partial charge in [0.05, 0.1) is 29.7 Å². The molecule has 9 nitrogen and oxygen atoms in total. The van der Waals surface area contributed by atoms with Crippen LogP contribution in [0.4, 0.5) is 0 Å². The van der Waals surface area contributed by atoms with Crippen LogP contribution in [0.1, 0.15) is 29.5 Å². The summed E-state index contributed by atoms with van der Waals surface area (Å²) in [6, 6.07) is 3.42. The summed E-state index contributed by atoms with van der Waals surface area (Å²) in [4.78, 5) is 35.0. The Kier molecular flexibility index (Phi) is 8.00. The molecule has 0 saturated carbocycles. The van der Waals surface area contributed by atoms with E-state index in [1.54, 1.807) is 17.3 Å². The summed E-state index contributed by atoms with van der Waals surface area (Å²) in [5.74, 6) is -0.271. The molecule has 4 N–H and O–H groups in total. The van der Waals surface area contributed by atoms with Gasteiger partial charge in [0.1, 0.15) is 0 Å². The molecule has 174 valence electrons. The molecule has 0 atom stereocenters. The Morgan fingerprint density at radius 1 is 1.36 bits per heavy atom. The Bertz CT molecular complexity index is 1080. The number of nitrogens with one attached hydrogen (secondary N) is 2.